The number of aromatic hydroxyl groups is 1. The van der Waals surface area contributed by atoms with Gasteiger partial charge in [0.05, 0.1) is 0 Å². The molecule has 0 fully saturated rings. The molecule has 0 atom stereocenters. The van der Waals surface area contributed by atoms with Crippen LogP contribution in [-0.4, -0.2) is 16.2 Å². The van der Waals surface area contributed by atoms with Crippen LogP contribution in [0.5, 0.6) is 11.5 Å². The van der Waals surface area contributed by atoms with Gasteiger partial charge in [0.25, 0.3) is 0 Å². The Bertz CT molecular complexity index is 593. The van der Waals surface area contributed by atoms with E-state index in [9.17, 15) is 9.90 Å². The number of phenols is 1. The van der Waals surface area contributed by atoms with Crippen molar-refractivity contribution < 1.29 is 19.7 Å². The van der Waals surface area contributed by atoms with Gasteiger partial charge in [0.1, 0.15) is 23.7 Å². The third-order valence-corrected chi connectivity index (χ3v) is 3.00. The number of carboxylic acid groups (broad SMARTS) is 1. The Morgan fingerprint density at radius 2 is 1.84 bits per heavy atom. The van der Waals surface area contributed by atoms with Crippen molar-refractivity contribution in [2.45, 2.75) is 6.61 Å². The van der Waals surface area contributed by atoms with Crippen molar-refractivity contribution in [1.82, 2.24) is 0 Å². The first kappa shape index (κ1) is 13.4. The lowest BCUT2D eigenvalue weighted by Crippen LogP contribution is -2.03. The van der Waals surface area contributed by atoms with Crippen molar-refractivity contribution in [1.29, 1.82) is 0 Å². The van der Waals surface area contributed by atoms with E-state index in [0.29, 0.717) is 5.75 Å². The Kier molecular flexibility index (Phi) is 4.06. The Morgan fingerprint density at radius 1 is 1.16 bits per heavy atom. The molecule has 0 spiro atoms. The van der Waals surface area contributed by atoms with Crippen LogP contribution in [0.15, 0.2) is 46.9 Å². The standard InChI is InChI=1S/C14H11BrO4/c15-10-3-6-12(14(17)18)13(7-10)19-8-9-1-4-11(16)5-2-9/h1-7,16H,8H2,(H,17,18). The third-order valence-electron chi connectivity index (χ3n) is 2.50. The van der Waals surface area contributed by atoms with Gasteiger partial charge < -0.3 is 14.9 Å². The molecule has 2 aromatic rings. The number of ether oxygens (including phenoxy) is 1. The first-order valence-corrected chi connectivity index (χ1v) is 6.29. The summed E-state index contributed by atoms with van der Waals surface area (Å²) in [6, 6.07) is 11.3. The second-order valence-corrected chi connectivity index (χ2v) is 4.82. The van der Waals surface area contributed by atoms with Gasteiger partial charge in [-0.1, -0.05) is 28.1 Å². The van der Waals surface area contributed by atoms with Gasteiger partial charge in [-0.2, -0.15) is 0 Å². The molecule has 0 aliphatic carbocycles. The minimum Gasteiger partial charge on any atom is -0.508 e. The number of benzene rings is 2. The maximum absolute atomic E-state index is 11.1. The van der Waals surface area contributed by atoms with E-state index in [1.54, 1.807) is 36.4 Å². The number of carboxylic acids is 1. The highest BCUT2D eigenvalue weighted by molar-refractivity contribution is 9.10. The van der Waals surface area contributed by atoms with E-state index in [1.807, 2.05) is 0 Å². The molecule has 0 bridgehead atoms. The Hall–Kier alpha value is -2.01. The van der Waals surface area contributed by atoms with Crippen LogP contribution in [-0.2, 0) is 6.61 Å². The van der Waals surface area contributed by atoms with Gasteiger partial charge in [0, 0.05) is 4.47 Å². The van der Waals surface area contributed by atoms with Crippen LogP contribution < -0.4 is 4.74 Å². The minimum absolute atomic E-state index is 0.113. The van der Waals surface area contributed by atoms with Crippen LogP contribution in [0.25, 0.3) is 0 Å². The lowest BCUT2D eigenvalue weighted by molar-refractivity contribution is 0.0691. The summed E-state index contributed by atoms with van der Waals surface area (Å²) in [5.74, 6) is -0.555. The minimum atomic E-state index is -1.03. The molecule has 2 rings (SSSR count). The highest BCUT2D eigenvalue weighted by Gasteiger charge is 2.11. The van der Waals surface area contributed by atoms with Gasteiger partial charge in [-0.15, -0.1) is 0 Å². The van der Waals surface area contributed by atoms with E-state index < -0.39 is 5.97 Å². The lowest BCUT2D eigenvalue weighted by atomic mass is 10.2. The van der Waals surface area contributed by atoms with E-state index in [1.165, 1.54) is 6.07 Å². The Labute approximate surface area is 118 Å². The zero-order chi connectivity index (χ0) is 13.8. The van der Waals surface area contributed by atoms with Gasteiger partial charge in [-0.3, -0.25) is 0 Å². The molecule has 0 radical (unpaired) electrons. The zero-order valence-corrected chi connectivity index (χ0v) is 11.4. The summed E-state index contributed by atoms with van der Waals surface area (Å²) < 4.78 is 6.26. The van der Waals surface area contributed by atoms with Crippen molar-refractivity contribution in [3.8, 4) is 11.5 Å². The molecule has 0 amide bonds. The number of hydrogen-bond acceptors (Lipinski definition) is 3. The van der Waals surface area contributed by atoms with Crippen molar-refractivity contribution in [2.75, 3.05) is 0 Å². The topological polar surface area (TPSA) is 66.8 Å². The van der Waals surface area contributed by atoms with E-state index in [4.69, 9.17) is 9.84 Å². The number of aromatic carboxylic acids is 1. The van der Waals surface area contributed by atoms with Gasteiger partial charge >= 0.3 is 5.97 Å². The molecule has 0 aromatic heterocycles. The molecule has 4 nitrogen and oxygen atoms in total. The zero-order valence-electron chi connectivity index (χ0n) is 9.84. The summed E-state index contributed by atoms with van der Waals surface area (Å²) in [6.07, 6.45) is 0. The van der Waals surface area contributed by atoms with Crippen molar-refractivity contribution in [3.63, 3.8) is 0 Å². The molecule has 0 aliphatic rings. The summed E-state index contributed by atoms with van der Waals surface area (Å²) in [6.45, 7) is 0.233. The average molecular weight is 323 g/mol. The van der Waals surface area contributed by atoms with Gasteiger partial charge in [-0.25, -0.2) is 4.79 Å². The third kappa shape index (κ3) is 3.48. The second kappa shape index (κ2) is 5.75. The highest BCUT2D eigenvalue weighted by atomic mass is 79.9. The molecular weight excluding hydrogens is 312 g/mol. The fourth-order valence-corrected chi connectivity index (χ4v) is 1.89. The van der Waals surface area contributed by atoms with Crippen molar-refractivity contribution in [2.24, 2.45) is 0 Å². The molecule has 5 heteroatoms. The van der Waals surface area contributed by atoms with Crippen molar-refractivity contribution >= 4 is 21.9 Å². The summed E-state index contributed by atoms with van der Waals surface area (Å²) in [7, 11) is 0. The largest absolute Gasteiger partial charge is 0.508 e. The molecule has 0 heterocycles. The molecular formula is C14H11BrO4. The number of carbonyl (C=O) groups is 1. The molecule has 2 N–H and O–H groups in total. The maximum atomic E-state index is 11.1. The highest BCUT2D eigenvalue weighted by Crippen LogP contribution is 2.25. The Morgan fingerprint density at radius 3 is 2.47 bits per heavy atom. The molecule has 2 aromatic carbocycles. The maximum Gasteiger partial charge on any atom is 0.339 e. The lowest BCUT2D eigenvalue weighted by Gasteiger charge is -2.09. The second-order valence-electron chi connectivity index (χ2n) is 3.90. The van der Waals surface area contributed by atoms with Crippen LogP contribution in [0.1, 0.15) is 15.9 Å². The predicted molar refractivity (Wildman–Crippen MR) is 73.5 cm³/mol. The van der Waals surface area contributed by atoms with E-state index in [2.05, 4.69) is 15.9 Å². The summed E-state index contributed by atoms with van der Waals surface area (Å²) in [5.41, 5.74) is 0.955. The summed E-state index contributed by atoms with van der Waals surface area (Å²) >= 11 is 3.28. The summed E-state index contributed by atoms with van der Waals surface area (Å²) in [4.78, 5) is 11.1. The van der Waals surface area contributed by atoms with Crippen molar-refractivity contribution in [3.05, 3.63) is 58.1 Å². The average Bonchev–Trinajstić information content (AvgIpc) is 2.38. The summed E-state index contributed by atoms with van der Waals surface area (Å²) in [5, 5.41) is 18.2. The first-order chi connectivity index (χ1) is 9.06. The number of phenolic OH excluding ortho intramolecular Hbond substituents is 1. The van der Waals surface area contributed by atoms with Crippen LogP contribution in [0, 0.1) is 0 Å². The molecule has 98 valence electrons. The molecule has 19 heavy (non-hydrogen) atoms. The molecule has 0 aliphatic heterocycles. The predicted octanol–water partition coefficient (Wildman–Crippen LogP) is 3.43. The fraction of sp³-hybridized carbons (Fsp3) is 0.0714. The van der Waals surface area contributed by atoms with Crippen LogP contribution >= 0.6 is 15.9 Å². The fourth-order valence-electron chi connectivity index (χ4n) is 1.55. The molecule has 0 saturated carbocycles. The molecule has 0 unspecified atom stereocenters. The van der Waals surface area contributed by atoms with Crippen LogP contribution in [0.3, 0.4) is 0 Å². The van der Waals surface area contributed by atoms with E-state index in [0.717, 1.165) is 10.0 Å². The van der Waals surface area contributed by atoms with Gasteiger partial charge in [0.2, 0.25) is 0 Å². The normalized spacial score (nSPS) is 10.2. The van der Waals surface area contributed by atoms with Gasteiger partial charge in [-0.05, 0) is 35.9 Å². The number of halogens is 1. The van der Waals surface area contributed by atoms with E-state index in [-0.39, 0.29) is 17.9 Å². The van der Waals surface area contributed by atoms with Crippen LogP contribution in [0.2, 0.25) is 0 Å². The smallest absolute Gasteiger partial charge is 0.339 e. The Balaban J connectivity index is 2.16. The van der Waals surface area contributed by atoms with E-state index >= 15 is 0 Å². The monoisotopic (exact) mass is 322 g/mol. The molecule has 0 saturated heterocycles. The first-order valence-electron chi connectivity index (χ1n) is 5.50. The van der Waals surface area contributed by atoms with Gasteiger partial charge in [0.15, 0.2) is 0 Å². The number of rotatable bonds is 4. The van der Waals surface area contributed by atoms with Crippen LogP contribution in [0.4, 0.5) is 0 Å². The quantitative estimate of drug-likeness (QED) is 0.905. The number of hydrogen-bond donors (Lipinski definition) is 2. The SMILES string of the molecule is O=C(O)c1ccc(Br)cc1OCc1ccc(O)cc1.